The standard InChI is InChI=1S/C29H26O6/c1-32-26-24(29(30)31)17-25(33-18-21-11-5-2-6-12-21)27(34-19-22-13-7-3-8-14-22)28(26)35-20-23-15-9-4-10-16-23/h2-17H,18-20H2,1H3,(H,30,31). The fourth-order valence-electron chi connectivity index (χ4n) is 3.53. The molecule has 0 radical (unpaired) electrons. The van der Waals surface area contributed by atoms with Gasteiger partial charge in [0.15, 0.2) is 11.5 Å². The molecule has 4 aromatic carbocycles. The third-order valence-corrected chi connectivity index (χ3v) is 5.28. The fourth-order valence-corrected chi connectivity index (χ4v) is 3.53. The Morgan fingerprint density at radius 2 is 1.06 bits per heavy atom. The van der Waals surface area contributed by atoms with Gasteiger partial charge in [-0.25, -0.2) is 4.79 Å². The molecule has 0 atom stereocenters. The second kappa shape index (κ2) is 11.6. The number of methoxy groups -OCH3 is 1. The van der Waals surface area contributed by atoms with E-state index in [0.717, 1.165) is 16.7 Å². The summed E-state index contributed by atoms with van der Waals surface area (Å²) in [5, 5.41) is 9.88. The van der Waals surface area contributed by atoms with E-state index in [4.69, 9.17) is 18.9 Å². The molecule has 4 rings (SSSR count). The molecule has 6 heteroatoms. The van der Waals surface area contributed by atoms with Crippen LogP contribution in [0, 0.1) is 0 Å². The molecule has 0 saturated heterocycles. The van der Waals surface area contributed by atoms with Crippen molar-refractivity contribution in [3.8, 4) is 23.0 Å². The molecule has 0 bridgehead atoms. The first-order valence-electron chi connectivity index (χ1n) is 11.1. The van der Waals surface area contributed by atoms with Crippen LogP contribution in [0.3, 0.4) is 0 Å². The monoisotopic (exact) mass is 470 g/mol. The molecule has 0 aliphatic heterocycles. The minimum atomic E-state index is -1.16. The minimum Gasteiger partial charge on any atom is -0.492 e. The van der Waals surface area contributed by atoms with E-state index in [2.05, 4.69) is 0 Å². The van der Waals surface area contributed by atoms with Gasteiger partial charge < -0.3 is 24.1 Å². The van der Waals surface area contributed by atoms with Gasteiger partial charge in [-0.2, -0.15) is 0 Å². The van der Waals surface area contributed by atoms with Gasteiger partial charge >= 0.3 is 5.97 Å². The first-order chi connectivity index (χ1) is 17.2. The molecule has 0 aromatic heterocycles. The second-order valence-corrected chi connectivity index (χ2v) is 7.74. The number of aromatic carboxylic acids is 1. The van der Waals surface area contributed by atoms with Gasteiger partial charge in [0.2, 0.25) is 11.5 Å². The highest BCUT2D eigenvalue weighted by atomic mass is 16.6. The highest BCUT2D eigenvalue weighted by molar-refractivity contribution is 5.93. The molecule has 0 aliphatic carbocycles. The summed E-state index contributed by atoms with van der Waals surface area (Å²) in [4.78, 5) is 12.1. The van der Waals surface area contributed by atoms with Gasteiger partial charge in [0.25, 0.3) is 0 Å². The maximum absolute atomic E-state index is 12.1. The molecule has 0 spiro atoms. The SMILES string of the molecule is COc1c(C(=O)O)cc(OCc2ccccc2)c(OCc2ccccc2)c1OCc1ccccc1. The van der Waals surface area contributed by atoms with E-state index in [1.54, 1.807) is 0 Å². The van der Waals surface area contributed by atoms with Crippen LogP contribution in [-0.4, -0.2) is 18.2 Å². The van der Waals surface area contributed by atoms with Crippen molar-refractivity contribution in [2.45, 2.75) is 19.8 Å². The van der Waals surface area contributed by atoms with Crippen LogP contribution in [0.4, 0.5) is 0 Å². The molecule has 4 aromatic rings. The lowest BCUT2D eigenvalue weighted by molar-refractivity contribution is 0.0691. The van der Waals surface area contributed by atoms with Crippen molar-refractivity contribution in [2.75, 3.05) is 7.11 Å². The lowest BCUT2D eigenvalue weighted by Crippen LogP contribution is -2.09. The number of ether oxygens (including phenoxy) is 4. The second-order valence-electron chi connectivity index (χ2n) is 7.74. The molecule has 0 fully saturated rings. The predicted octanol–water partition coefficient (Wildman–Crippen LogP) is 6.13. The highest BCUT2D eigenvalue weighted by Crippen LogP contribution is 2.48. The smallest absolute Gasteiger partial charge is 0.339 e. The quantitative estimate of drug-likeness (QED) is 0.284. The maximum atomic E-state index is 12.1. The normalized spacial score (nSPS) is 10.4. The number of carboxylic acid groups (broad SMARTS) is 1. The predicted molar refractivity (Wildman–Crippen MR) is 132 cm³/mol. The lowest BCUT2D eigenvalue weighted by Gasteiger charge is -2.21. The Kier molecular flexibility index (Phi) is 7.86. The van der Waals surface area contributed by atoms with Gasteiger partial charge in [-0.1, -0.05) is 91.0 Å². The molecular formula is C29H26O6. The van der Waals surface area contributed by atoms with Crippen LogP contribution in [0.5, 0.6) is 23.0 Å². The maximum Gasteiger partial charge on any atom is 0.339 e. The Hall–Kier alpha value is -4.45. The molecule has 1 N–H and O–H groups in total. The summed E-state index contributed by atoms with van der Waals surface area (Å²) in [6, 6.07) is 30.3. The molecule has 0 amide bonds. The summed E-state index contributed by atoms with van der Waals surface area (Å²) in [5.74, 6) is -0.377. The van der Waals surface area contributed by atoms with Crippen molar-refractivity contribution in [2.24, 2.45) is 0 Å². The zero-order chi connectivity index (χ0) is 24.5. The Balaban J connectivity index is 1.74. The van der Waals surface area contributed by atoms with Crippen molar-refractivity contribution in [3.05, 3.63) is 119 Å². The van der Waals surface area contributed by atoms with Crippen LogP contribution in [-0.2, 0) is 19.8 Å². The molecule has 6 nitrogen and oxygen atoms in total. The topological polar surface area (TPSA) is 74.2 Å². The van der Waals surface area contributed by atoms with Gasteiger partial charge in [0.1, 0.15) is 25.4 Å². The lowest BCUT2D eigenvalue weighted by atomic mass is 10.1. The average Bonchev–Trinajstić information content (AvgIpc) is 2.91. The Morgan fingerprint density at radius 3 is 1.49 bits per heavy atom. The summed E-state index contributed by atoms with van der Waals surface area (Å²) in [6.45, 7) is 0.659. The first kappa shape index (κ1) is 23.7. The summed E-state index contributed by atoms with van der Waals surface area (Å²) >= 11 is 0. The Morgan fingerprint density at radius 1 is 0.629 bits per heavy atom. The molecule has 0 saturated carbocycles. The summed E-state index contributed by atoms with van der Waals surface area (Å²) in [6.07, 6.45) is 0. The van der Waals surface area contributed by atoms with Crippen LogP contribution < -0.4 is 18.9 Å². The summed E-state index contributed by atoms with van der Waals surface area (Å²) in [7, 11) is 1.41. The van der Waals surface area contributed by atoms with Gasteiger partial charge in [-0.05, 0) is 16.7 Å². The van der Waals surface area contributed by atoms with E-state index in [1.807, 2.05) is 91.0 Å². The van der Waals surface area contributed by atoms with Crippen LogP contribution in [0.15, 0.2) is 97.1 Å². The van der Waals surface area contributed by atoms with Crippen LogP contribution in [0.1, 0.15) is 27.0 Å². The van der Waals surface area contributed by atoms with Gasteiger partial charge in [-0.3, -0.25) is 0 Å². The molecule has 0 unspecified atom stereocenters. The van der Waals surface area contributed by atoms with Gasteiger partial charge in [-0.15, -0.1) is 0 Å². The largest absolute Gasteiger partial charge is 0.492 e. The van der Waals surface area contributed by atoms with Gasteiger partial charge in [0.05, 0.1) is 7.11 Å². The van der Waals surface area contributed by atoms with Crippen LogP contribution in [0.2, 0.25) is 0 Å². The van der Waals surface area contributed by atoms with E-state index >= 15 is 0 Å². The van der Waals surface area contributed by atoms with E-state index in [9.17, 15) is 9.90 Å². The zero-order valence-electron chi connectivity index (χ0n) is 19.3. The molecular weight excluding hydrogens is 444 g/mol. The van der Waals surface area contributed by atoms with E-state index in [0.29, 0.717) is 0 Å². The third kappa shape index (κ3) is 6.12. The van der Waals surface area contributed by atoms with Crippen molar-refractivity contribution >= 4 is 5.97 Å². The minimum absolute atomic E-state index is 0.0727. The van der Waals surface area contributed by atoms with E-state index < -0.39 is 5.97 Å². The third-order valence-electron chi connectivity index (χ3n) is 5.28. The van der Waals surface area contributed by atoms with Crippen molar-refractivity contribution in [1.29, 1.82) is 0 Å². The number of rotatable bonds is 11. The average molecular weight is 471 g/mol. The Bertz CT molecular complexity index is 1240. The van der Waals surface area contributed by atoms with E-state index in [-0.39, 0.29) is 48.4 Å². The van der Waals surface area contributed by atoms with Crippen LogP contribution in [0.25, 0.3) is 0 Å². The molecule has 0 aliphatic rings. The number of carbonyl (C=O) groups is 1. The number of hydrogen-bond donors (Lipinski definition) is 1. The fraction of sp³-hybridized carbons (Fsp3) is 0.138. The van der Waals surface area contributed by atoms with Gasteiger partial charge in [0, 0.05) is 6.07 Å². The van der Waals surface area contributed by atoms with Crippen molar-refractivity contribution in [1.82, 2.24) is 0 Å². The first-order valence-corrected chi connectivity index (χ1v) is 11.1. The van der Waals surface area contributed by atoms with Crippen molar-refractivity contribution in [3.63, 3.8) is 0 Å². The zero-order valence-corrected chi connectivity index (χ0v) is 19.3. The number of benzene rings is 4. The van der Waals surface area contributed by atoms with E-state index in [1.165, 1.54) is 13.2 Å². The summed E-state index contributed by atoms with van der Waals surface area (Å²) in [5.41, 5.74) is 2.71. The highest BCUT2D eigenvalue weighted by Gasteiger charge is 2.27. The van der Waals surface area contributed by atoms with Crippen LogP contribution >= 0.6 is 0 Å². The molecule has 178 valence electrons. The molecule has 0 heterocycles. The Labute approximate surface area is 204 Å². The molecule has 35 heavy (non-hydrogen) atoms. The van der Waals surface area contributed by atoms with Crippen molar-refractivity contribution < 1.29 is 28.8 Å². The summed E-state index contributed by atoms with van der Waals surface area (Å²) < 4.78 is 23.9. The number of hydrogen-bond acceptors (Lipinski definition) is 5. The number of carboxylic acids is 1.